The summed E-state index contributed by atoms with van der Waals surface area (Å²) in [5, 5.41) is 8.62. The van der Waals surface area contributed by atoms with Crippen molar-refractivity contribution in [2.75, 3.05) is 0 Å². The molecule has 2 rings (SSSR count). The number of rotatable bonds is 6. The van der Waals surface area contributed by atoms with Crippen LogP contribution in [0.25, 0.3) is 11.1 Å². The fraction of sp³-hybridized carbons (Fsp3) is 0.222. The van der Waals surface area contributed by atoms with Crippen molar-refractivity contribution in [1.82, 2.24) is 0 Å². The number of benzene rings is 2. The fourth-order valence-electron chi connectivity index (χ4n) is 2.11. The first-order valence-corrected chi connectivity index (χ1v) is 6.44. The van der Waals surface area contributed by atoms with Crippen LogP contribution in [0.5, 0.6) is 11.5 Å². The maximum absolute atomic E-state index is 8.28. The van der Waals surface area contributed by atoms with Gasteiger partial charge >= 0.3 is 0 Å². The third-order valence-corrected chi connectivity index (χ3v) is 3.02. The van der Waals surface area contributed by atoms with Gasteiger partial charge in [-0.2, -0.15) is 0 Å². The second kappa shape index (κ2) is 6.29. The molecule has 0 radical (unpaired) electrons. The Morgan fingerprint density at radius 1 is 0.850 bits per heavy atom. The van der Waals surface area contributed by atoms with Crippen LogP contribution in [-0.2, 0) is 0 Å². The van der Waals surface area contributed by atoms with Gasteiger partial charge in [-0.25, -0.2) is 0 Å². The van der Waals surface area contributed by atoms with Crippen LogP contribution < -0.4 is 0 Å². The molecule has 0 aliphatic heterocycles. The van der Waals surface area contributed by atoms with Gasteiger partial charge in [-0.3, -0.25) is 0 Å². The molecule has 0 aliphatic rings. The predicted molar refractivity (Wildman–Crippen MR) is 83.6 cm³/mol. The van der Waals surface area contributed by atoms with Gasteiger partial charge in [-0.1, -0.05) is 38.0 Å². The van der Waals surface area contributed by atoms with E-state index in [4.69, 9.17) is 11.1 Å². The molecule has 2 nitrogen and oxygen atoms in total. The van der Waals surface area contributed by atoms with Crippen molar-refractivity contribution < 1.29 is 18.4 Å². The van der Waals surface area contributed by atoms with E-state index in [9.17, 15) is 0 Å². The summed E-state index contributed by atoms with van der Waals surface area (Å²) in [6, 6.07) is 1.04. The number of phenolic OH excluding ortho intramolecular Hbond substituents is 2. The van der Waals surface area contributed by atoms with Crippen molar-refractivity contribution in [3.05, 3.63) is 59.5 Å². The van der Waals surface area contributed by atoms with E-state index in [0.29, 0.717) is 29.6 Å². The Bertz CT molecular complexity index is 911. The molecule has 2 aromatic rings. The molecule has 0 aromatic heterocycles. The first-order chi connectivity index (χ1) is 13.2. The lowest BCUT2D eigenvalue weighted by Gasteiger charge is -2.14. The summed E-state index contributed by atoms with van der Waals surface area (Å²) in [4.78, 5) is 0. The van der Waals surface area contributed by atoms with Gasteiger partial charge in [0.25, 0.3) is 2.86 Å². The number of aromatic hydroxyl groups is 2. The summed E-state index contributed by atoms with van der Waals surface area (Å²) in [6.45, 7) is 3.64. The van der Waals surface area contributed by atoms with Gasteiger partial charge in [0.1, 0.15) is 11.5 Å². The predicted octanol–water partition coefficient (Wildman–Crippen LogP) is 4.83. The smallest absolute Gasteiger partial charge is 0.293 e. The zero-order valence-electron chi connectivity index (χ0n) is 19.4. The van der Waals surface area contributed by atoms with E-state index >= 15 is 0 Å². The van der Waals surface area contributed by atoms with E-state index in [-0.39, 0.29) is 35.5 Å². The first kappa shape index (κ1) is 6.98. The third-order valence-electron chi connectivity index (χ3n) is 3.02. The highest BCUT2D eigenvalue weighted by atomic mass is 16.3. The number of phenols is 2. The van der Waals surface area contributed by atoms with E-state index in [1.807, 2.05) is 6.92 Å². The third kappa shape index (κ3) is 3.02. The zero-order chi connectivity index (χ0) is 21.2. The maximum Gasteiger partial charge on any atom is 0.293 e. The van der Waals surface area contributed by atoms with Crippen molar-refractivity contribution in [1.29, 1.82) is 2.86 Å². The molecule has 0 saturated heterocycles. The Morgan fingerprint density at radius 3 is 2.00 bits per heavy atom. The monoisotopic (exact) mass is 276 g/mol. The van der Waals surface area contributed by atoms with Crippen molar-refractivity contribution in [2.24, 2.45) is 0 Å². The molecule has 2 heteroatoms. The molecular formula is C18H20O2. The molecule has 0 amide bonds. The van der Waals surface area contributed by atoms with Crippen LogP contribution in [0.3, 0.4) is 0 Å². The molecule has 0 saturated carbocycles. The Kier molecular flexibility index (Phi) is 2.19. The number of allylic oxidation sites excluding steroid dienone is 2. The van der Waals surface area contributed by atoms with Crippen molar-refractivity contribution in [3.63, 3.8) is 0 Å². The van der Waals surface area contributed by atoms with Crippen LogP contribution in [0, 0.1) is 0 Å². The summed E-state index contributed by atoms with van der Waals surface area (Å²) < 4.78 is 62.8. The van der Waals surface area contributed by atoms with Gasteiger partial charge in [0.05, 0.1) is 8.22 Å². The molecule has 0 aliphatic carbocycles. The van der Waals surface area contributed by atoms with Gasteiger partial charge in [-0.05, 0) is 59.3 Å². The Hall–Kier alpha value is -2.22. The summed E-state index contributed by atoms with van der Waals surface area (Å²) in [6.07, 6.45) is 0.788. The van der Waals surface area contributed by atoms with Gasteiger partial charge in [-0.15, -0.1) is 0 Å². The lowest BCUT2D eigenvalue weighted by molar-refractivity contribution is 0.474. The topological polar surface area (TPSA) is 40.5 Å². The van der Waals surface area contributed by atoms with Crippen molar-refractivity contribution >= 4 is 11.1 Å². The largest absolute Gasteiger partial charge is 0.508 e. The zero-order valence-corrected chi connectivity index (χ0v) is 11.4. The highest BCUT2D eigenvalue weighted by Gasteiger charge is 2.09. The van der Waals surface area contributed by atoms with Gasteiger partial charge < -0.3 is 10.2 Å². The molecule has 0 bridgehead atoms. The van der Waals surface area contributed by atoms with Gasteiger partial charge in [0, 0.05) is 0 Å². The highest BCUT2D eigenvalue weighted by molar-refractivity contribution is 5.90. The van der Waals surface area contributed by atoms with Gasteiger partial charge in [0.15, 0.2) is 0 Å². The normalized spacial score (nSPS) is 17.3. The van der Waals surface area contributed by atoms with Crippen LogP contribution in [-0.4, -0.2) is 13.1 Å². The molecule has 0 spiro atoms. The molecule has 104 valence electrons. The van der Waals surface area contributed by atoms with Gasteiger partial charge in [0.2, 0.25) is 0 Å². The second-order valence-electron chi connectivity index (χ2n) is 4.23. The van der Waals surface area contributed by atoms with Crippen LogP contribution in [0.1, 0.15) is 46.0 Å². The van der Waals surface area contributed by atoms with E-state index in [0.717, 1.165) is 0 Å². The van der Waals surface area contributed by atoms with E-state index in [2.05, 4.69) is 10.2 Å². The molecular weight excluding hydrogens is 248 g/mol. The lowest BCUT2D eigenvalue weighted by Crippen LogP contribution is -1.91. The minimum Gasteiger partial charge on any atom is -0.508 e. The van der Waals surface area contributed by atoms with Crippen LogP contribution in [0.4, 0.5) is 0 Å². The number of hydrogen-bond acceptors (Lipinski definition) is 2. The Morgan fingerprint density at radius 2 is 1.40 bits per heavy atom. The molecule has 0 fully saturated rings. The second-order valence-corrected chi connectivity index (χ2v) is 4.23. The minimum absolute atomic E-state index is 0.0524. The Balaban J connectivity index is 2.89. The minimum atomic E-state index is -0.447. The SMILES string of the molecule is [2H]Oc1ccc(C(CC)=C(CC)c2c([2H])c([2H])c(O[2H])c([2H])c2[2H])c([2H])c1[2H]. The molecule has 2 aromatic carbocycles. The summed E-state index contributed by atoms with van der Waals surface area (Å²) >= 11 is 0. The number of hydrogen-bond donors (Lipinski definition) is 2. The van der Waals surface area contributed by atoms with Crippen molar-refractivity contribution in [2.45, 2.75) is 26.7 Å². The van der Waals surface area contributed by atoms with Crippen LogP contribution in [0.2, 0.25) is 0 Å². The Labute approximate surface area is 131 Å². The van der Waals surface area contributed by atoms with E-state index in [1.165, 1.54) is 6.07 Å². The summed E-state index contributed by atoms with van der Waals surface area (Å²) in [5.74, 6) is -0.498. The van der Waals surface area contributed by atoms with Crippen LogP contribution >= 0.6 is 0 Å². The summed E-state index contributed by atoms with van der Waals surface area (Å²) in [5.41, 5.74) is 1.62. The lowest BCUT2D eigenvalue weighted by atomic mass is 9.91. The first-order valence-electron chi connectivity index (χ1n) is 10.3. The highest BCUT2D eigenvalue weighted by Crippen LogP contribution is 2.32. The molecule has 0 unspecified atom stereocenters. The molecule has 2 N–H and O–H groups in total. The molecule has 20 heavy (non-hydrogen) atoms. The quantitative estimate of drug-likeness (QED) is 0.742. The molecule has 0 heterocycles. The standard InChI is InChI=1S/C18H20O2/c1-3-17(13-5-9-15(19)10-6-13)18(4-2)14-7-11-16(20)12-8-14/h5-12,19-20H,3-4H2,1-2H3/i5D,6D,7D,9D,10D,11D/hD2. The fourth-order valence-corrected chi connectivity index (χ4v) is 2.11. The van der Waals surface area contributed by atoms with E-state index in [1.54, 1.807) is 13.0 Å². The summed E-state index contributed by atoms with van der Waals surface area (Å²) in [7, 11) is 0. The van der Waals surface area contributed by atoms with Crippen molar-refractivity contribution in [3.8, 4) is 11.5 Å². The molecule has 0 atom stereocenters. The maximum atomic E-state index is 8.28. The average Bonchev–Trinajstić information content (AvgIpc) is 2.69. The average molecular weight is 276 g/mol. The van der Waals surface area contributed by atoms with E-state index < -0.39 is 17.8 Å². The van der Waals surface area contributed by atoms with Crippen LogP contribution in [0.15, 0.2) is 48.4 Å².